The quantitative estimate of drug-likeness (QED) is 0.882. The lowest BCUT2D eigenvalue weighted by atomic mass is 9.92. The van der Waals surface area contributed by atoms with Crippen LogP contribution in [-0.4, -0.2) is 40.6 Å². The first-order valence-electron chi connectivity index (χ1n) is 9.50. The molecule has 0 bridgehead atoms. The number of aryl methyl sites for hydroxylation is 2. The second kappa shape index (κ2) is 7.94. The molecule has 1 unspecified atom stereocenters. The van der Waals surface area contributed by atoms with Crippen LogP contribution in [0.25, 0.3) is 5.69 Å². The van der Waals surface area contributed by atoms with E-state index in [0.717, 1.165) is 30.5 Å². The fourth-order valence-corrected chi connectivity index (χ4v) is 3.71. The summed E-state index contributed by atoms with van der Waals surface area (Å²) in [4.78, 5) is 25.5. The summed E-state index contributed by atoms with van der Waals surface area (Å²) in [5, 5.41) is 7.70. The minimum Gasteiger partial charge on any atom is -0.349 e. The summed E-state index contributed by atoms with van der Waals surface area (Å²) in [6.45, 7) is 4.18. The normalized spacial score (nSPS) is 15.9. The Hall–Kier alpha value is -2.63. The van der Waals surface area contributed by atoms with Crippen molar-refractivity contribution in [3.05, 3.63) is 46.8 Å². The van der Waals surface area contributed by atoms with Crippen molar-refractivity contribution in [2.75, 3.05) is 14.1 Å². The lowest BCUT2D eigenvalue weighted by Gasteiger charge is -2.24. The first-order valence-corrected chi connectivity index (χ1v) is 9.50. The summed E-state index contributed by atoms with van der Waals surface area (Å²) in [7, 11) is 3.41. The number of rotatable bonds is 5. The number of nitrogens with one attached hydrogen (secondary N) is 1. The highest BCUT2D eigenvalue weighted by molar-refractivity contribution is 5.83. The first-order chi connectivity index (χ1) is 12.8. The highest BCUT2D eigenvalue weighted by Crippen LogP contribution is 2.31. The molecule has 1 aromatic carbocycles. The molecule has 1 aromatic heterocycles. The fourth-order valence-electron chi connectivity index (χ4n) is 3.71. The van der Waals surface area contributed by atoms with Gasteiger partial charge in [0, 0.05) is 38.2 Å². The van der Waals surface area contributed by atoms with Crippen LogP contribution in [0.15, 0.2) is 24.4 Å². The smallest absolute Gasteiger partial charge is 0.222 e. The Balaban J connectivity index is 1.75. The van der Waals surface area contributed by atoms with Gasteiger partial charge in [0.15, 0.2) is 0 Å². The average molecular weight is 368 g/mol. The van der Waals surface area contributed by atoms with Gasteiger partial charge in [-0.15, -0.1) is 0 Å². The number of fused-ring (bicyclic) bond motifs is 1. The van der Waals surface area contributed by atoms with Gasteiger partial charge in [0.25, 0.3) is 0 Å². The van der Waals surface area contributed by atoms with Crippen molar-refractivity contribution in [2.45, 2.75) is 52.0 Å². The van der Waals surface area contributed by atoms with Crippen LogP contribution in [0.2, 0.25) is 0 Å². The zero-order valence-electron chi connectivity index (χ0n) is 16.6. The minimum atomic E-state index is -0.0813. The van der Waals surface area contributed by atoms with Crippen molar-refractivity contribution in [1.29, 1.82) is 0 Å². The van der Waals surface area contributed by atoms with Crippen LogP contribution in [0, 0.1) is 13.8 Å². The third-order valence-corrected chi connectivity index (χ3v) is 5.03. The molecular weight excluding hydrogens is 340 g/mol. The molecule has 1 aliphatic carbocycles. The third-order valence-electron chi connectivity index (χ3n) is 5.03. The van der Waals surface area contributed by atoms with E-state index in [1.807, 2.05) is 10.9 Å². The topological polar surface area (TPSA) is 67.2 Å². The van der Waals surface area contributed by atoms with E-state index in [1.165, 1.54) is 21.7 Å². The van der Waals surface area contributed by atoms with Crippen molar-refractivity contribution >= 4 is 11.8 Å². The van der Waals surface area contributed by atoms with Gasteiger partial charge in [-0.05, 0) is 56.4 Å². The number of hydrogen-bond donors (Lipinski definition) is 1. The molecule has 2 amide bonds. The van der Waals surface area contributed by atoms with E-state index < -0.39 is 0 Å². The van der Waals surface area contributed by atoms with Gasteiger partial charge in [-0.2, -0.15) is 5.10 Å². The molecule has 0 fully saturated rings. The van der Waals surface area contributed by atoms with Gasteiger partial charge in [-0.1, -0.05) is 6.07 Å². The van der Waals surface area contributed by atoms with Crippen molar-refractivity contribution < 1.29 is 9.59 Å². The Morgan fingerprint density at radius 2 is 1.89 bits per heavy atom. The number of benzene rings is 1. The van der Waals surface area contributed by atoms with Gasteiger partial charge in [0.1, 0.15) is 0 Å². The molecule has 1 aliphatic rings. The molecular formula is C21H28N4O2. The van der Waals surface area contributed by atoms with Crippen LogP contribution >= 0.6 is 0 Å². The van der Waals surface area contributed by atoms with Gasteiger partial charge in [0.2, 0.25) is 11.8 Å². The Morgan fingerprint density at radius 1 is 1.19 bits per heavy atom. The van der Waals surface area contributed by atoms with Crippen LogP contribution < -0.4 is 5.32 Å². The molecule has 0 aliphatic heterocycles. The van der Waals surface area contributed by atoms with Crippen molar-refractivity contribution in [1.82, 2.24) is 20.0 Å². The van der Waals surface area contributed by atoms with Gasteiger partial charge in [0.05, 0.1) is 17.9 Å². The summed E-state index contributed by atoms with van der Waals surface area (Å²) in [6, 6.07) is 6.39. The molecule has 0 saturated heterocycles. The lowest BCUT2D eigenvalue weighted by molar-refractivity contribution is -0.131. The molecule has 3 rings (SSSR count). The van der Waals surface area contributed by atoms with Crippen LogP contribution in [0.5, 0.6) is 0 Å². The summed E-state index contributed by atoms with van der Waals surface area (Å²) in [6.07, 6.45) is 5.19. The molecule has 144 valence electrons. The molecule has 0 spiro atoms. The summed E-state index contributed by atoms with van der Waals surface area (Å²) in [5.74, 6) is -0.112. The third kappa shape index (κ3) is 4.38. The van der Waals surface area contributed by atoms with Crippen molar-refractivity contribution in [3.63, 3.8) is 0 Å². The van der Waals surface area contributed by atoms with Crippen molar-refractivity contribution in [3.8, 4) is 5.69 Å². The zero-order chi connectivity index (χ0) is 19.6. The molecule has 0 radical (unpaired) electrons. The highest BCUT2D eigenvalue weighted by Gasteiger charge is 2.26. The standard InChI is InChI=1S/C21H28N4O2/c1-14-10-15(2)12-16(11-14)25-19-7-5-6-18(17(19)13-22-25)23-20(26)8-9-21(27)24(3)4/h10-13,18H,5-9H2,1-4H3,(H,23,26). The predicted molar refractivity (Wildman–Crippen MR) is 105 cm³/mol. The van der Waals surface area contributed by atoms with E-state index in [0.29, 0.717) is 0 Å². The fraction of sp³-hybridized carbons (Fsp3) is 0.476. The Morgan fingerprint density at radius 3 is 2.56 bits per heavy atom. The largest absolute Gasteiger partial charge is 0.349 e. The molecule has 0 saturated carbocycles. The summed E-state index contributed by atoms with van der Waals surface area (Å²) >= 11 is 0. The molecule has 2 aromatic rings. The second-order valence-corrected chi connectivity index (χ2v) is 7.60. The van der Waals surface area contributed by atoms with E-state index in [9.17, 15) is 9.59 Å². The molecule has 1 heterocycles. The van der Waals surface area contributed by atoms with Crippen LogP contribution in [0.4, 0.5) is 0 Å². The maximum atomic E-state index is 12.3. The number of amides is 2. The van der Waals surface area contributed by atoms with Crippen LogP contribution in [0.3, 0.4) is 0 Å². The highest BCUT2D eigenvalue weighted by atomic mass is 16.2. The molecule has 27 heavy (non-hydrogen) atoms. The molecule has 6 heteroatoms. The van der Waals surface area contributed by atoms with Crippen LogP contribution in [-0.2, 0) is 16.0 Å². The first kappa shape index (κ1) is 19.1. The lowest BCUT2D eigenvalue weighted by Crippen LogP contribution is -2.32. The molecule has 6 nitrogen and oxygen atoms in total. The number of nitrogens with zero attached hydrogens (tertiary/aromatic N) is 3. The van der Waals surface area contributed by atoms with Gasteiger partial charge in [-0.25, -0.2) is 4.68 Å². The molecule has 1 atom stereocenters. The predicted octanol–water partition coefficient (Wildman–Crippen LogP) is 2.85. The maximum Gasteiger partial charge on any atom is 0.222 e. The van der Waals surface area contributed by atoms with E-state index in [2.05, 4.69) is 42.5 Å². The summed E-state index contributed by atoms with van der Waals surface area (Å²) in [5.41, 5.74) is 5.74. The van der Waals surface area contributed by atoms with E-state index >= 15 is 0 Å². The number of carbonyl (C=O) groups excluding carboxylic acids is 2. The number of hydrogen-bond acceptors (Lipinski definition) is 3. The van der Waals surface area contributed by atoms with Gasteiger partial charge >= 0.3 is 0 Å². The summed E-state index contributed by atoms with van der Waals surface area (Å²) < 4.78 is 2.00. The Labute approximate surface area is 160 Å². The van der Waals surface area contributed by atoms with Gasteiger partial charge < -0.3 is 10.2 Å². The van der Waals surface area contributed by atoms with E-state index in [4.69, 9.17) is 0 Å². The average Bonchev–Trinajstić information content (AvgIpc) is 3.04. The van der Waals surface area contributed by atoms with E-state index in [1.54, 1.807) is 14.1 Å². The maximum absolute atomic E-state index is 12.3. The second-order valence-electron chi connectivity index (χ2n) is 7.60. The number of aromatic nitrogens is 2. The number of carbonyl (C=O) groups is 2. The molecule has 1 N–H and O–H groups in total. The monoisotopic (exact) mass is 368 g/mol. The Kier molecular flexibility index (Phi) is 5.63. The van der Waals surface area contributed by atoms with E-state index in [-0.39, 0.29) is 30.7 Å². The van der Waals surface area contributed by atoms with Crippen LogP contribution in [0.1, 0.15) is 54.1 Å². The Bertz CT molecular complexity index is 834. The van der Waals surface area contributed by atoms with Crippen molar-refractivity contribution in [2.24, 2.45) is 0 Å². The van der Waals surface area contributed by atoms with Gasteiger partial charge in [-0.3, -0.25) is 9.59 Å². The zero-order valence-corrected chi connectivity index (χ0v) is 16.6. The minimum absolute atomic E-state index is 0.0304. The SMILES string of the molecule is Cc1cc(C)cc(-n2ncc3c2CCCC3NC(=O)CCC(=O)N(C)C)c1.